The van der Waals surface area contributed by atoms with E-state index in [4.69, 9.17) is 10.2 Å². The van der Waals surface area contributed by atoms with Crippen molar-refractivity contribution in [3.05, 3.63) is 29.8 Å². The zero-order chi connectivity index (χ0) is 7.56. The molecular formula is C7H6EuO3. The van der Waals surface area contributed by atoms with Gasteiger partial charge in [0.05, 0.1) is 0 Å². The molecule has 11 heavy (non-hydrogen) atoms. The summed E-state index contributed by atoms with van der Waals surface area (Å²) in [6.07, 6.45) is 0. The first-order chi connectivity index (χ1) is 4.72. The molecule has 0 amide bonds. The predicted octanol–water partition coefficient (Wildman–Crippen LogP) is 1.09. The molecule has 0 unspecified atom stereocenters. The average Bonchev–Trinajstić information content (AvgIpc) is 1.88. The minimum Gasteiger partial charge on any atom is -0.507 e. The van der Waals surface area contributed by atoms with Crippen molar-refractivity contribution in [1.82, 2.24) is 0 Å². The molecule has 0 bridgehead atoms. The SMILES string of the molecule is O=C(O)c1ccccc1O.[Eu]. The quantitative estimate of drug-likeness (QED) is 0.814. The topological polar surface area (TPSA) is 57.5 Å². The number of carboxylic acid groups (broad SMARTS) is 1. The molecule has 0 saturated carbocycles. The van der Waals surface area contributed by atoms with Gasteiger partial charge in [0.15, 0.2) is 0 Å². The van der Waals surface area contributed by atoms with Crippen molar-refractivity contribution >= 4 is 5.97 Å². The van der Waals surface area contributed by atoms with E-state index in [0.29, 0.717) is 0 Å². The maximum Gasteiger partial charge on any atom is 0.339 e. The number of phenols is 1. The van der Waals surface area contributed by atoms with Crippen molar-refractivity contribution in [3.63, 3.8) is 0 Å². The second-order valence-corrected chi connectivity index (χ2v) is 1.82. The normalized spacial score (nSPS) is 8.36. The molecular weight excluding hydrogens is 284 g/mol. The number of para-hydroxylation sites is 1. The van der Waals surface area contributed by atoms with Gasteiger partial charge in [-0.1, -0.05) is 12.1 Å². The Kier molecular flexibility index (Phi) is 4.89. The van der Waals surface area contributed by atoms with Crippen LogP contribution in [0.5, 0.6) is 5.75 Å². The van der Waals surface area contributed by atoms with Crippen LogP contribution in [0.2, 0.25) is 0 Å². The van der Waals surface area contributed by atoms with Gasteiger partial charge in [0.2, 0.25) is 0 Å². The molecule has 1 aromatic carbocycles. The Morgan fingerprint density at radius 3 is 2.18 bits per heavy atom. The molecule has 59 valence electrons. The summed E-state index contributed by atoms with van der Waals surface area (Å²) in [6, 6.07) is 5.81. The van der Waals surface area contributed by atoms with Crippen LogP contribution < -0.4 is 0 Å². The molecule has 2 N–H and O–H groups in total. The monoisotopic (exact) mass is 291 g/mol. The molecule has 0 heterocycles. The van der Waals surface area contributed by atoms with E-state index in [9.17, 15) is 4.79 Å². The van der Waals surface area contributed by atoms with E-state index in [1.54, 1.807) is 12.1 Å². The Balaban J connectivity index is 0.000001000. The summed E-state index contributed by atoms with van der Waals surface area (Å²) in [7, 11) is 0. The van der Waals surface area contributed by atoms with Crippen LogP contribution in [0.3, 0.4) is 0 Å². The first kappa shape index (κ1) is 11.1. The fraction of sp³-hybridized carbons (Fsp3) is 0. The van der Waals surface area contributed by atoms with Gasteiger partial charge in [-0.05, 0) is 12.1 Å². The minimum absolute atomic E-state index is 0. The summed E-state index contributed by atoms with van der Waals surface area (Å²) in [5.74, 6) is -1.31. The van der Waals surface area contributed by atoms with Crippen molar-refractivity contribution in [2.45, 2.75) is 0 Å². The summed E-state index contributed by atoms with van der Waals surface area (Å²) < 4.78 is 0. The molecule has 1 rings (SSSR count). The molecule has 0 aliphatic rings. The maximum atomic E-state index is 10.3. The van der Waals surface area contributed by atoms with E-state index in [-0.39, 0.29) is 60.7 Å². The number of hydrogen-bond donors (Lipinski definition) is 2. The molecule has 0 spiro atoms. The van der Waals surface area contributed by atoms with E-state index in [1.165, 1.54) is 12.1 Å². The molecule has 0 aliphatic heterocycles. The van der Waals surface area contributed by atoms with Crippen LogP contribution in [0.25, 0.3) is 0 Å². The van der Waals surface area contributed by atoms with E-state index < -0.39 is 5.97 Å². The second-order valence-electron chi connectivity index (χ2n) is 1.82. The molecule has 3 nitrogen and oxygen atoms in total. The molecule has 0 saturated heterocycles. The Bertz CT molecular complexity index is 260. The van der Waals surface area contributed by atoms with Gasteiger partial charge in [0.25, 0.3) is 0 Å². The van der Waals surface area contributed by atoms with Crippen LogP contribution in [0.1, 0.15) is 10.4 Å². The summed E-state index contributed by atoms with van der Waals surface area (Å²) in [4.78, 5) is 10.3. The predicted molar refractivity (Wildman–Crippen MR) is 35.1 cm³/mol. The summed E-state index contributed by atoms with van der Waals surface area (Å²) in [5.41, 5.74) is -0.0671. The number of benzene rings is 1. The Hall–Kier alpha value is 0.0744. The Morgan fingerprint density at radius 1 is 1.27 bits per heavy atom. The number of aromatic carboxylic acids is 1. The van der Waals surface area contributed by atoms with Crippen molar-refractivity contribution in [3.8, 4) is 5.75 Å². The molecule has 1 radical (unpaired) electrons. The number of hydrogen-bond acceptors (Lipinski definition) is 2. The first-order valence-electron chi connectivity index (χ1n) is 2.73. The number of carbonyl (C=O) groups is 1. The van der Waals surface area contributed by atoms with Crippen molar-refractivity contribution in [1.29, 1.82) is 0 Å². The van der Waals surface area contributed by atoms with E-state index in [1.807, 2.05) is 0 Å². The molecule has 0 fully saturated rings. The van der Waals surface area contributed by atoms with Crippen LogP contribution in [0.15, 0.2) is 24.3 Å². The van der Waals surface area contributed by atoms with Gasteiger partial charge in [-0.25, -0.2) is 4.79 Å². The van der Waals surface area contributed by atoms with Gasteiger partial charge in [-0.3, -0.25) is 0 Å². The first-order valence-corrected chi connectivity index (χ1v) is 2.73. The van der Waals surface area contributed by atoms with Gasteiger partial charge in [-0.15, -0.1) is 0 Å². The largest absolute Gasteiger partial charge is 0.507 e. The van der Waals surface area contributed by atoms with Gasteiger partial charge in [-0.2, -0.15) is 0 Å². The zero-order valence-electron chi connectivity index (χ0n) is 5.49. The molecule has 0 aromatic heterocycles. The van der Waals surface area contributed by atoms with Crippen molar-refractivity contribution < 1.29 is 64.4 Å². The number of rotatable bonds is 1. The van der Waals surface area contributed by atoms with E-state index in [2.05, 4.69) is 0 Å². The maximum absolute atomic E-state index is 10.3. The van der Waals surface area contributed by atoms with Gasteiger partial charge in [0.1, 0.15) is 11.3 Å². The average molecular weight is 290 g/mol. The Labute approximate surface area is 105 Å². The van der Waals surface area contributed by atoms with Crippen LogP contribution in [-0.4, -0.2) is 16.2 Å². The smallest absolute Gasteiger partial charge is 0.339 e. The van der Waals surface area contributed by atoms with Crippen LogP contribution >= 0.6 is 0 Å². The third kappa shape index (κ3) is 2.89. The summed E-state index contributed by atoms with van der Waals surface area (Å²) >= 11 is 0. The van der Waals surface area contributed by atoms with Crippen molar-refractivity contribution in [2.24, 2.45) is 0 Å². The van der Waals surface area contributed by atoms with Crippen LogP contribution in [0, 0.1) is 49.4 Å². The van der Waals surface area contributed by atoms with Crippen LogP contribution in [0.4, 0.5) is 0 Å². The van der Waals surface area contributed by atoms with E-state index >= 15 is 0 Å². The van der Waals surface area contributed by atoms with Crippen LogP contribution in [-0.2, 0) is 0 Å². The fourth-order valence-corrected chi connectivity index (χ4v) is 0.654. The Morgan fingerprint density at radius 2 is 1.82 bits per heavy atom. The number of carboxylic acids is 1. The zero-order valence-corrected chi connectivity index (χ0v) is 7.92. The third-order valence-corrected chi connectivity index (χ3v) is 1.13. The molecule has 4 heteroatoms. The number of aromatic hydroxyl groups is 1. The van der Waals surface area contributed by atoms with Gasteiger partial charge >= 0.3 is 5.97 Å². The standard InChI is InChI=1S/C7H6O3.Eu/c8-6-4-2-1-3-5(6)7(9)10;/h1-4,8H,(H,9,10);. The van der Waals surface area contributed by atoms with E-state index in [0.717, 1.165) is 0 Å². The molecule has 0 atom stereocenters. The molecule has 0 aliphatic carbocycles. The van der Waals surface area contributed by atoms with Gasteiger partial charge < -0.3 is 10.2 Å². The van der Waals surface area contributed by atoms with Gasteiger partial charge in [0, 0.05) is 49.4 Å². The summed E-state index contributed by atoms with van der Waals surface area (Å²) in [6.45, 7) is 0. The third-order valence-electron chi connectivity index (χ3n) is 1.13. The fourth-order valence-electron chi connectivity index (χ4n) is 0.654. The second kappa shape index (κ2) is 4.85. The minimum atomic E-state index is -1.11. The van der Waals surface area contributed by atoms with Crippen molar-refractivity contribution in [2.75, 3.05) is 0 Å². The molecule has 1 aromatic rings. The summed E-state index contributed by atoms with van der Waals surface area (Å²) in [5, 5.41) is 17.3.